The third kappa shape index (κ3) is 4.14. The second-order valence-corrected chi connectivity index (χ2v) is 4.55. The van der Waals surface area contributed by atoms with Gasteiger partial charge in [-0.05, 0) is 10.9 Å². The van der Waals surface area contributed by atoms with Crippen LogP contribution in [0.1, 0.15) is 5.56 Å². The molecule has 0 aromatic carbocycles. The highest BCUT2D eigenvalue weighted by molar-refractivity contribution is 7.15. The van der Waals surface area contributed by atoms with Crippen LogP contribution in [-0.2, 0) is 20.8 Å². The highest BCUT2D eigenvalue weighted by Crippen LogP contribution is 2.34. The summed E-state index contributed by atoms with van der Waals surface area (Å²) in [5.41, 5.74) is 6.17. The van der Waals surface area contributed by atoms with Crippen LogP contribution in [0, 0.1) is 0 Å². The molecular formula is C10H12N2O6S. The minimum atomic E-state index is -1.20. The Kier molecular flexibility index (Phi) is 4.70. The Balaban J connectivity index is 3.01. The number of rotatable bonds is 7. The van der Waals surface area contributed by atoms with Gasteiger partial charge in [-0.3, -0.25) is 14.4 Å². The Morgan fingerprint density at radius 1 is 1.11 bits per heavy atom. The standard InChI is InChI=1S/C10H12N2O6S/c11-9-5(1-6(13)14)4-19-10(9)12(2-7(15)16)3-8(17)18/h4H,1-3,11H2,(H,13,14)(H,15,16)(H,17,18). The van der Waals surface area contributed by atoms with Gasteiger partial charge in [-0.1, -0.05) is 0 Å². The van der Waals surface area contributed by atoms with Crippen molar-refractivity contribution in [1.29, 1.82) is 0 Å². The van der Waals surface area contributed by atoms with E-state index in [1.165, 1.54) is 5.38 Å². The predicted molar refractivity (Wildman–Crippen MR) is 67.6 cm³/mol. The number of hydrogen-bond acceptors (Lipinski definition) is 6. The van der Waals surface area contributed by atoms with E-state index in [0.717, 1.165) is 16.2 Å². The Hall–Kier alpha value is -2.29. The third-order valence-corrected chi connectivity index (χ3v) is 3.27. The molecule has 1 aromatic rings. The number of carboxylic acid groups (broad SMARTS) is 3. The van der Waals surface area contributed by atoms with Crippen LogP contribution in [0.4, 0.5) is 10.7 Å². The molecule has 1 rings (SSSR count). The fraction of sp³-hybridized carbons (Fsp3) is 0.300. The van der Waals surface area contributed by atoms with Gasteiger partial charge in [0.05, 0.1) is 12.1 Å². The second-order valence-electron chi connectivity index (χ2n) is 3.69. The lowest BCUT2D eigenvalue weighted by Gasteiger charge is -2.19. The molecule has 0 spiro atoms. The van der Waals surface area contributed by atoms with Gasteiger partial charge in [-0.2, -0.15) is 0 Å². The summed E-state index contributed by atoms with van der Waals surface area (Å²) in [6.45, 7) is -1.05. The number of carboxylic acids is 3. The molecule has 0 saturated carbocycles. The van der Waals surface area contributed by atoms with Crippen LogP contribution in [0.25, 0.3) is 0 Å². The molecule has 0 aliphatic carbocycles. The summed E-state index contributed by atoms with van der Waals surface area (Å²) >= 11 is 1.02. The first-order valence-electron chi connectivity index (χ1n) is 5.07. The minimum absolute atomic E-state index is 0.106. The van der Waals surface area contributed by atoms with E-state index in [-0.39, 0.29) is 17.1 Å². The summed E-state index contributed by atoms with van der Waals surface area (Å²) in [4.78, 5) is 33.1. The maximum absolute atomic E-state index is 10.7. The summed E-state index contributed by atoms with van der Waals surface area (Å²) < 4.78 is 0. The second kappa shape index (κ2) is 6.05. The molecule has 5 N–H and O–H groups in total. The maximum atomic E-state index is 10.7. The molecule has 0 atom stereocenters. The van der Waals surface area contributed by atoms with Crippen LogP contribution in [0.15, 0.2) is 5.38 Å². The van der Waals surface area contributed by atoms with E-state index in [9.17, 15) is 14.4 Å². The zero-order valence-electron chi connectivity index (χ0n) is 9.70. The van der Waals surface area contributed by atoms with Crippen molar-refractivity contribution in [2.45, 2.75) is 6.42 Å². The monoisotopic (exact) mass is 288 g/mol. The van der Waals surface area contributed by atoms with E-state index in [1.807, 2.05) is 0 Å². The van der Waals surface area contributed by atoms with Gasteiger partial charge in [0.1, 0.15) is 18.1 Å². The molecule has 0 bridgehead atoms. The smallest absolute Gasteiger partial charge is 0.323 e. The Bertz CT molecular complexity index is 496. The summed E-state index contributed by atoms with van der Waals surface area (Å²) in [6.07, 6.45) is -0.295. The van der Waals surface area contributed by atoms with E-state index in [1.54, 1.807) is 0 Å². The lowest BCUT2D eigenvalue weighted by molar-refractivity contribution is -0.137. The molecule has 104 valence electrons. The largest absolute Gasteiger partial charge is 0.481 e. The fourth-order valence-corrected chi connectivity index (χ4v) is 2.46. The van der Waals surface area contributed by atoms with Gasteiger partial charge < -0.3 is 26.0 Å². The normalized spacial score (nSPS) is 10.1. The van der Waals surface area contributed by atoms with E-state index >= 15 is 0 Å². The lowest BCUT2D eigenvalue weighted by atomic mass is 10.2. The summed E-state index contributed by atoms with van der Waals surface area (Å²) in [7, 11) is 0. The van der Waals surface area contributed by atoms with Gasteiger partial charge in [0.25, 0.3) is 0 Å². The number of thiophene rings is 1. The van der Waals surface area contributed by atoms with E-state index in [4.69, 9.17) is 21.1 Å². The minimum Gasteiger partial charge on any atom is -0.481 e. The number of aliphatic carboxylic acids is 3. The quantitative estimate of drug-likeness (QED) is 0.546. The summed E-state index contributed by atoms with van der Waals surface area (Å²) in [6, 6.07) is 0. The number of anilines is 2. The van der Waals surface area contributed by atoms with Crippen LogP contribution in [0.3, 0.4) is 0 Å². The topological polar surface area (TPSA) is 141 Å². The van der Waals surface area contributed by atoms with Crippen molar-refractivity contribution in [1.82, 2.24) is 0 Å². The van der Waals surface area contributed by atoms with Crippen molar-refractivity contribution >= 4 is 39.9 Å². The summed E-state index contributed by atoms with van der Waals surface area (Å²) in [5, 5.41) is 27.9. The average molecular weight is 288 g/mol. The highest BCUT2D eigenvalue weighted by atomic mass is 32.1. The molecular weight excluding hydrogens is 276 g/mol. The van der Waals surface area contributed by atoms with Gasteiger partial charge in [-0.25, -0.2) is 0 Å². The predicted octanol–water partition coefficient (Wildman–Crippen LogP) is -0.0670. The van der Waals surface area contributed by atoms with E-state index < -0.39 is 31.0 Å². The van der Waals surface area contributed by atoms with Gasteiger partial charge >= 0.3 is 17.9 Å². The van der Waals surface area contributed by atoms with Crippen LogP contribution in [0.2, 0.25) is 0 Å². The van der Waals surface area contributed by atoms with Crippen LogP contribution in [-0.4, -0.2) is 46.3 Å². The molecule has 1 heterocycles. The zero-order chi connectivity index (χ0) is 14.6. The molecule has 0 saturated heterocycles. The molecule has 9 heteroatoms. The molecule has 0 aliphatic heterocycles. The Labute approximate surface area is 111 Å². The highest BCUT2D eigenvalue weighted by Gasteiger charge is 2.20. The summed E-state index contributed by atoms with van der Waals surface area (Å²) in [5.74, 6) is -3.47. The van der Waals surface area contributed by atoms with E-state index in [2.05, 4.69) is 0 Å². The zero-order valence-corrected chi connectivity index (χ0v) is 10.5. The number of hydrogen-bond donors (Lipinski definition) is 4. The third-order valence-electron chi connectivity index (χ3n) is 2.17. The van der Waals surface area contributed by atoms with Crippen LogP contribution < -0.4 is 10.6 Å². The molecule has 0 fully saturated rings. The number of nitrogens with two attached hydrogens (primary N) is 1. The van der Waals surface area contributed by atoms with Crippen molar-refractivity contribution in [2.24, 2.45) is 0 Å². The van der Waals surface area contributed by atoms with Gasteiger partial charge in [0, 0.05) is 0 Å². The van der Waals surface area contributed by atoms with Crippen molar-refractivity contribution in [2.75, 3.05) is 23.7 Å². The first-order chi connectivity index (χ1) is 8.81. The van der Waals surface area contributed by atoms with Crippen molar-refractivity contribution in [3.63, 3.8) is 0 Å². The van der Waals surface area contributed by atoms with Crippen molar-refractivity contribution < 1.29 is 29.7 Å². The molecule has 0 radical (unpaired) electrons. The molecule has 8 nitrogen and oxygen atoms in total. The Morgan fingerprint density at radius 3 is 2.05 bits per heavy atom. The van der Waals surface area contributed by atoms with Crippen molar-refractivity contribution in [3.8, 4) is 0 Å². The average Bonchev–Trinajstić information content (AvgIpc) is 2.57. The fourth-order valence-electron chi connectivity index (χ4n) is 1.46. The van der Waals surface area contributed by atoms with Gasteiger partial charge in [-0.15, -0.1) is 11.3 Å². The molecule has 0 unspecified atom stereocenters. The SMILES string of the molecule is Nc1c(CC(=O)O)csc1N(CC(=O)O)CC(=O)O. The van der Waals surface area contributed by atoms with Crippen molar-refractivity contribution in [3.05, 3.63) is 10.9 Å². The molecule has 19 heavy (non-hydrogen) atoms. The number of nitrogens with zero attached hydrogens (tertiary/aromatic N) is 1. The van der Waals surface area contributed by atoms with Crippen LogP contribution >= 0.6 is 11.3 Å². The first-order valence-corrected chi connectivity index (χ1v) is 5.95. The Morgan fingerprint density at radius 2 is 1.63 bits per heavy atom. The maximum Gasteiger partial charge on any atom is 0.323 e. The van der Waals surface area contributed by atoms with Gasteiger partial charge in [0.15, 0.2) is 0 Å². The van der Waals surface area contributed by atoms with Gasteiger partial charge in [0.2, 0.25) is 0 Å². The van der Waals surface area contributed by atoms with E-state index in [0.29, 0.717) is 5.56 Å². The lowest BCUT2D eigenvalue weighted by Crippen LogP contribution is -2.34. The van der Waals surface area contributed by atoms with Crippen LogP contribution in [0.5, 0.6) is 0 Å². The number of carbonyl (C=O) groups is 3. The molecule has 0 aliphatic rings. The first kappa shape index (κ1) is 14.8. The molecule has 1 aromatic heterocycles. The number of nitrogen functional groups attached to an aromatic ring is 1. The molecule has 0 amide bonds.